The van der Waals surface area contributed by atoms with Gasteiger partial charge in [-0.2, -0.15) is 0 Å². The molecule has 0 saturated heterocycles. The predicted molar refractivity (Wildman–Crippen MR) is 132 cm³/mol. The highest BCUT2D eigenvalue weighted by Crippen LogP contribution is 2.32. The number of hydrogen-bond acceptors (Lipinski definition) is 5. The van der Waals surface area contributed by atoms with Crippen LogP contribution in [0.4, 0.5) is 5.69 Å². The summed E-state index contributed by atoms with van der Waals surface area (Å²) in [5.41, 5.74) is 1.55. The van der Waals surface area contributed by atoms with Crippen molar-refractivity contribution in [1.82, 2.24) is 10.6 Å². The summed E-state index contributed by atoms with van der Waals surface area (Å²) in [4.78, 5) is 41.7. The van der Waals surface area contributed by atoms with Crippen LogP contribution in [0.15, 0.2) is 64.6 Å². The van der Waals surface area contributed by atoms with Gasteiger partial charge in [-0.3, -0.25) is 19.3 Å². The molecular formula is C26H29N3O4S. The minimum absolute atomic E-state index is 0.0851. The Labute approximate surface area is 203 Å². The third-order valence-corrected chi connectivity index (χ3v) is 6.94. The largest absolute Gasteiger partial charge is 0.467 e. The summed E-state index contributed by atoms with van der Waals surface area (Å²) in [6.07, 6.45) is 6.17. The summed E-state index contributed by atoms with van der Waals surface area (Å²) in [5, 5.41) is 7.63. The van der Waals surface area contributed by atoms with E-state index in [4.69, 9.17) is 4.42 Å². The molecule has 1 fully saturated rings. The van der Waals surface area contributed by atoms with E-state index in [-0.39, 0.29) is 24.4 Å². The van der Waals surface area contributed by atoms with Crippen molar-refractivity contribution >= 4 is 34.7 Å². The Morgan fingerprint density at radius 3 is 2.56 bits per heavy atom. The molecule has 0 spiro atoms. The number of rotatable bonds is 9. The minimum Gasteiger partial charge on any atom is -0.467 e. The Kier molecular flexibility index (Phi) is 7.80. The average molecular weight is 480 g/mol. The zero-order valence-electron chi connectivity index (χ0n) is 19.2. The SMILES string of the molecule is CCc1ccccc1N(C(=O)CNC(=O)c1cccs1)C(C(=O)NC1CCCC1)c1ccco1. The van der Waals surface area contributed by atoms with Gasteiger partial charge >= 0.3 is 0 Å². The Bertz CT molecular complexity index is 1110. The van der Waals surface area contributed by atoms with Crippen LogP contribution in [0.2, 0.25) is 0 Å². The molecule has 1 saturated carbocycles. The molecule has 3 aromatic rings. The summed E-state index contributed by atoms with van der Waals surface area (Å²) in [6.45, 7) is 1.75. The number of carbonyl (C=O) groups is 3. The monoisotopic (exact) mass is 479 g/mol. The van der Waals surface area contributed by atoms with E-state index < -0.39 is 11.9 Å². The van der Waals surface area contributed by atoms with E-state index in [1.54, 1.807) is 29.6 Å². The molecule has 8 heteroatoms. The number of hydrogen-bond donors (Lipinski definition) is 2. The van der Waals surface area contributed by atoms with E-state index in [1.807, 2.05) is 31.2 Å². The van der Waals surface area contributed by atoms with Crippen molar-refractivity contribution in [3.05, 3.63) is 76.4 Å². The zero-order chi connectivity index (χ0) is 23.9. The smallest absolute Gasteiger partial charge is 0.261 e. The van der Waals surface area contributed by atoms with Gasteiger partial charge in [-0.15, -0.1) is 11.3 Å². The number of nitrogens with zero attached hydrogens (tertiary/aromatic N) is 1. The van der Waals surface area contributed by atoms with E-state index in [9.17, 15) is 14.4 Å². The lowest BCUT2D eigenvalue weighted by atomic mass is 10.0. The van der Waals surface area contributed by atoms with Gasteiger partial charge in [0.2, 0.25) is 5.91 Å². The molecule has 0 aliphatic heterocycles. The highest BCUT2D eigenvalue weighted by atomic mass is 32.1. The van der Waals surface area contributed by atoms with Crippen molar-refractivity contribution in [2.24, 2.45) is 0 Å². The molecule has 0 radical (unpaired) electrons. The van der Waals surface area contributed by atoms with Crippen molar-refractivity contribution in [2.75, 3.05) is 11.4 Å². The van der Waals surface area contributed by atoms with E-state index in [1.165, 1.54) is 22.5 Å². The van der Waals surface area contributed by atoms with Crippen molar-refractivity contribution < 1.29 is 18.8 Å². The molecule has 2 N–H and O–H groups in total. The molecule has 1 aromatic carbocycles. The quantitative estimate of drug-likeness (QED) is 0.474. The van der Waals surface area contributed by atoms with Crippen LogP contribution in [0, 0.1) is 0 Å². The van der Waals surface area contributed by atoms with Gasteiger partial charge in [0.1, 0.15) is 5.76 Å². The van der Waals surface area contributed by atoms with Crippen molar-refractivity contribution in [2.45, 2.75) is 51.1 Å². The number of furan rings is 1. The summed E-state index contributed by atoms with van der Waals surface area (Å²) in [7, 11) is 0. The number of nitrogens with one attached hydrogen (secondary N) is 2. The van der Waals surface area contributed by atoms with E-state index in [2.05, 4.69) is 10.6 Å². The fourth-order valence-corrected chi connectivity index (χ4v) is 5.01. The van der Waals surface area contributed by atoms with E-state index >= 15 is 0 Å². The van der Waals surface area contributed by atoms with E-state index in [0.717, 1.165) is 31.2 Å². The Balaban J connectivity index is 1.67. The second-order valence-electron chi connectivity index (χ2n) is 8.31. The lowest BCUT2D eigenvalue weighted by molar-refractivity contribution is -0.127. The van der Waals surface area contributed by atoms with Crippen LogP contribution in [0.3, 0.4) is 0 Å². The Morgan fingerprint density at radius 2 is 1.88 bits per heavy atom. The molecule has 34 heavy (non-hydrogen) atoms. The lowest BCUT2D eigenvalue weighted by Crippen LogP contribution is -2.49. The second-order valence-corrected chi connectivity index (χ2v) is 9.26. The third-order valence-electron chi connectivity index (χ3n) is 6.07. The van der Waals surface area contributed by atoms with E-state index in [0.29, 0.717) is 22.7 Å². The Morgan fingerprint density at radius 1 is 1.09 bits per heavy atom. The first-order valence-electron chi connectivity index (χ1n) is 11.6. The van der Waals surface area contributed by atoms with Crippen LogP contribution < -0.4 is 15.5 Å². The zero-order valence-corrected chi connectivity index (χ0v) is 20.0. The van der Waals surface area contributed by atoms with Crippen LogP contribution in [0.5, 0.6) is 0 Å². The first kappa shape index (κ1) is 23.8. The highest BCUT2D eigenvalue weighted by Gasteiger charge is 2.37. The van der Waals surface area contributed by atoms with Gasteiger partial charge in [-0.25, -0.2) is 0 Å². The number of thiophene rings is 1. The topological polar surface area (TPSA) is 91.7 Å². The molecule has 2 aromatic heterocycles. The summed E-state index contributed by atoms with van der Waals surface area (Å²) in [5.74, 6) is -0.629. The van der Waals surface area contributed by atoms with Crippen molar-refractivity contribution in [1.29, 1.82) is 0 Å². The highest BCUT2D eigenvalue weighted by molar-refractivity contribution is 7.12. The van der Waals surface area contributed by atoms with Gasteiger partial charge in [0, 0.05) is 11.7 Å². The molecule has 1 aliphatic carbocycles. The summed E-state index contributed by atoms with van der Waals surface area (Å²) >= 11 is 1.30. The first-order valence-corrected chi connectivity index (χ1v) is 12.5. The average Bonchev–Trinajstić information content (AvgIpc) is 3.64. The molecule has 2 heterocycles. The number of carbonyl (C=O) groups excluding carboxylic acids is 3. The van der Waals surface area contributed by atoms with Crippen LogP contribution in [0.25, 0.3) is 0 Å². The van der Waals surface area contributed by atoms with Crippen LogP contribution in [0.1, 0.15) is 59.6 Å². The fourth-order valence-electron chi connectivity index (χ4n) is 4.37. The summed E-state index contributed by atoms with van der Waals surface area (Å²) in [6, 6.07) is 13.5. The minimum atomic E-state index is -0.991. The van der Waals surface area contributed by atoms with Crippen LogP contribution in [-0.4, -0.2) is 30.3 Å². The summed E-state index contributed by atoms with van der Waals surface area (Å²) < 4.78 is 5.65. The maximum Gasteiger partial charge on any atom is 0.261 e. The molecular weight excluding hydrogens is 450 g/mol. The van der Waals surface area contributed by atoms with Crippen molar-refractivity contribution in [3.8, 4) is 0 Å². The van der Waals surface area contributed by atoms with Crippen molar-refractivity contribution in [3.63, 3.8) is 0 Å². The van der Waals surface area contributed by atoms with Gasteiger partial charge in [0.15, 0.2) is 6.04 Å². The molecule has 4 rings (SSSR count). The first-order chi connectivity index (χ1) is 16.6. The van der Waals surface area contributed by atoms with Gasteiger partial charge in [-0.1, -0.05) is 44.0 Å². The number of benzene rings is 1. The van der Waals surface area contributed by atoms with Crippen LogP contribution in [-0.2, 0) is 16.0 Å². The number of para-hydroxylation sites is 1. The van der Waals surface area contributed by atoms with Gasteiger partial charge < -0.3 is 15.1 Å². The Hall–Kier alpha value is -3.39. The molecule has 1 aliphatic rings. The maximum absolute atomic E-state index is 13.7. The van der Waals surface area contributed by atoms with Crippen LogP contribution >= 0.6 is 11.3 Å². The van der Waals surface area contributed by atoms with Gasteiger partial charge in [0.05, 0.1) is 17.7 Å². The lowest BCUT2D eigenvalue weighted by Gasteiger charge is -2.32. The maximum atomic E-state index is 13.7. The number of anilines is 1. The molecule has 3 amide bonds. The molecule has 178 valence electrons. The van der Waals surface area contributed by atoms with Gasteiger partial charge in [0.25, 0.3) is 11.8 Å². The molecule has 1 atom stereocenters. The van der Waals surface area contributed by atoms with Gasteiger partial charge in [-0.05, 0) is 54.5 Å². The molecule has 7 nitrogen and oxygen atoms in total. The number of aryl methyl sites for hydroxylation is 1. The third kappa shape index (κ3) is 5.39. The molecule has 0 bridgehead atoms. The fraction of sp³-hybridized carbons (Fsp3) is 0.346. The predicted octanol–water partition coefficient (Wildman–Crippen LogP) is 4.47. The second kappa shape index (κ2) is 11.2. The normalized spacial score (nSPS) is 14.5. The molecule has 1 unspecified atom stereocenters. The standard InChI is InChI=1S/C26H29N3O4S/c1-2-18-9-3-6-12-20(18)29(23(30)17-27-25(31)22-14-8-16-34-22)24(21-13-7-15-33-21)26(32)28-19-10-4-5-11-19/h3,6-9,12-16,19,24H,2,4-5,10-11,17H2,1H3,(H,27,31)(H,28,32). The number of amides is 3.